The Balaban J connectivity index is 1.35. The Hall–Kier alpha value is -3.92. The second-order valence-electron chi connectivity index (χ2n) is 7.46. The van der Waals surface area contributed by atoms with Crippen molar-refractivity contribution in [3.8, 4) is 17.3 Å². The van der Waals surface area contributed by atoms with Crippen LogP contribution in [-0.2, 0) is 6.73 Å². The molecule has 0 saturated carbocycles. The molecule has 0 saturated heterocycles. The molecule has 0 spiro atoms. The molecule has 0 aliphatic carbocycles. The monoisotopic (exact) mass is 445 g/mol. The highest BCUT2D eigenvalue weighted by atomic mass is 32.1. The van der Waals surface area contributed by atoms with Crippen LogP contribution in [0.3, 0.4) is 0 Å². The van der Waals surface area contributed by atoms with Crippen LogP contribution in [0.15, 0.2) is 48.9 Å². The van der Waals surface area contributed by atoms with E-state index in [-0.39, 0.29) is 12.5 Å². The number of benzene rings is 1. The summed E-state index contributed by atoms with van der Waals surface area (Å²) in [7, 11) is 0. The fourth-order valence-corrected chi connectivity index (χ4v) is 4.93. The van der Waals surface area contributed by atoms with E-state index in [1.54, 1.807) is 45.2 Å². The highest BCUT2D eigenvalue weighted by molar-refractivity contribution is 7.26. The first-order chi connectivity index (χ1) is 15.5. The Labute approximate surface area is 184 Å². The molecule has 0 bridgehead atoms. The quantitative estimate of drug-likeness (QED) is 0.396. The van der Waals surface area contributed by atoms with Crippen molar-refractivity contribution < 1.29 is 9.13 Å². The number of rotatable bonds is 4. The van der Waals surface area contributed by atoms with Gasteiger partial charge in [0.1, 0.15) is 33.1 Å². The molecule has 10 heteroatoms. The van der Waals surface area contributed by atoms with E-state index in [1.807, 2.05) is 13.0 Å². The third-order valence-corrected chi connectivity index (χ3v) is 6.21. The van der Waals surface area contributed by atoms with Crippen molar-refractivity contribution in [1.82, 2.24) is 34.3 Å². The van der Waals surface area contributed by atoms with E-state index in [4.69, 9.17) is 9.72 Å². The van der Waals surface area contributed by atoms with Crippen LogP contribution < -0.4 is 4.74 Å². The van der Waals surface area contributed by atoms with Gasteiger partial charge in [0, 0.05) is 17.3 Å². The third kappa shape index (κ3) is 3.07. The van der Waals surface area contributed by atoms with Crippen molar-refractivity contribution in [1.29, 1.82) is 0 Å². The number of aromatic nitrogens is 7. The predicted molar refractivity (Wildman–Crippen MR) is 119 cm³/mol. The number of aryl methyl sites for hydroxylation is 2. The van der Waals surface area contributed by atoms with E-state index in [0.717, 1.165) is 37.3 Å². The zero-order valence-corrected chi connectivity index (χ0v) is 18.0. The first-order valence-electron chi connectivity index (χ1n) is 9.89. The van der Waals surface area contributed by atoms with Crippen LogP contribution in [0.5, 0.6) is 5.75 Å². The summed E-state index contributed by atoms with van der Waals surface area (Å²) in [5.41, 5.74) is 4.36. The fourth-order valence-electron chi connectivity index (χ4n) is 3.70. The van der Waals surface area contributed by atoms with Gasteiger partial charge in [0.05, 0.1) is 5.52 Å². The van der Waals surface area contributed by atoms with Gasteiger partial charge in [-0.05, 0) is 55.8 Å². The summed E-state index contributed by atoms with van der Waals surface area (Å²) < 4.78 is 22.9. The van der Waals surface area contributed by atoms with Gasteiger partial charge in [0.2, 0.25) is 5.82 Å². The molecule has 6 rings (SSSR count). The van der Waals surface area contributed by atoms with Crippen LogP contribution in [0.1, 0.15) is 11.3 Å². The molecule has 6 aromatic rings. The molecule has 158 valence electrons. The van der Waals surface area contributed by atoms with E-state index < -0.39 is 0 Å². The summed E-state index contributed by atoms with van der Waals surface area (Å²) in [6.07, 6.45) is 3.46. The van der Waals surface area contributed by atoms with Crippen LogP contribution in [0.25, 0.3) is 37.6 Å². The fraction of sp³-hybridized carbons (Fsp3) is 0.136. The zero-order valence-electron chi connectivity index (χ0n) is 17.2. The van der Waals surface area contributed by atoms with Gasteiger partial charge in [-0.1, -0.05) is 0 Å². The summed E-state index contributed by atoms with van der Waals surface area (Å²) in [6, 6.07) is 9.75. The Kier molecular flexibility index (Phi) is 4.15. The van der Waals surface area contributed by atoms with Gasteiger partial charge in [-0.2, -0.15) is 5.10 Å². The molecule has 0 N–H and O–H groups in total. The van der Waals surface area contributed by atoms with E-state index in [9.17, 15) is 4.39 Å². The van der Waals surface area contributed by atoms with Gasteiger partial charge in [0.25, 0.3) is 0 Å². The molecule has 0 radical (unpaired) electrons. The molecule has 32 heavy (non-hydrogen) atoms. The first kappa shape index (κ1) is 18.8. The number of hydrogen-bond acceptors (Lipinski definition) is 7. The first-order valence-corrected chi connectivity index (χ1v) is 10.7. The minimum atomic E-state index is -0.306. The Morgan fingerprint density at radius 3 is 2.75 bits per heavy atom. The van der Waals surface area contributed by atoms with Crippen molar-refractivity contribution in [2.45, 2.75) is 20.6 Å². The average molecular weight is 445 g/mol. The predicted octanol–water partition coefficient (Wildman–Crippen LogP) is 4.54. The van der Waals surface area contributed by atoms with E-state index >= 15 is 0 Å². The van der Waals surface area contributed by atoms with Crippen LogP contribution >= 0.6 is 11.3 Å². The summed E-state index contributed by atoms with van der Waals surface area (Å²) in [6.45, 7) is 4.25. The number of thiophene rings is 1. The molecule has 0 unspecified atom stereocenters. The van der Waals surface area contributed by atoms with E-state index in [1.165, 1.54) is 12.1 Å². The average Bonchev–Trinajstić information content (AvgIpc) is 3.48. The molecule has 0 aliphatic rings. The van der Waals surface area contributed by atoms with Gasteiger partial charge < -0.3 is 4.74 Å². The zero-order chi connectivity index (χ0) is 21.8. The van der Waals surface area contributed by atoms with Crippen LogP contribution in [0.4, 0.5) is 4.39 Å². The van der Waals surface area contributed by atoms with Crippen molar-refractivity contribution in [2.75, 3.05) is 0 Å². The standard InChI is InChI=1S/C22H16FN7OS/c1-12-9-13(2)25-22-17(12)18-19(32-22)21-26-20(28-30(21)10-24-18)16-7-8-29(27-16)11-31-15-5-3-14(23)4-6-15/h3-10H,11H2,1-2H3. The van der Waals surface area contributed by atoms with Gasteiger partial charge in [-0.25, -0.2) is 28.5 Å². The SMILES string of the molecule is Cc1cc(C)c2c(n1)sc1c2ncn2nc(-c3ccn(COc4ccc(F)cc4)n3)nc12. The maximum Gasteiger partial charge on any atom is 0.202 e. The molecule has 0 fully saturated rings. The molecule has 8 nitrogen and oxygen atoms in total. The Bertz CT molecular complexity index is 1620. The van der Waals surface area contributed by atoms with Gasteiger partial charge >= 0.3 is 0 Å². The number of nitrogens with zero attached hydrogens (tertiary/aromatic N) is 7. The minimum Gasteiger partial charge on any atom is -0.471 e. The number of pyridine rings is 1. The van der Waals surface area contributed by atoms with Crippen molar-refractivity contribution in [2.24, 2.45) is 0 Å². The lowest BCUT2D eigenvalue weighted by molar-refractivity contribution is 0.221. The molecule has 0 atom stereocenters. The van der Waals surface area contributed by atoms with Crippen molar-refractivity contribution >= 4 is 37.4 Å². The maximum absolute atomic E-state index is 13.0. The lowest BCUT2D eigenvalue weighted by Crippen LogP contribution is -2.05. The number of halogens is 1. The third-order valence-electron chi connectivity index (χ3n) is 5.14. The minimum absolute atomic E-state index is 0.186. The van der Waals surface area contributed by atoms with Crippen LogP contribution in [-0.4, -0.2) is 34.3 Å². The molecule has 5 aromatic heterocycles. The van der Waals surface area contributed by atoms with Gasteiger partial charge in [-0.15, -0.1) is 16.4 Å². The van der Waals surface area contributed by atoms with Crippen LogP contribution in [0, 0.1) is 19.7 Å². The van der Waals surface area contributed by atoms with Crippen molar-refractivity contribution in [3.63, 3.8) is 0 Å². The van der Waals surface area contributed by atoms with Crippen molar-refractivity contribution in [3.05, 3.63) is 66.0 Å². The number of fused-ring (bicyclic) bond motifs is 5. The topological polar surface area (TPSA) is 83.0 Å². The summed E-state index contributed by atoms with van der Waals surface area (Å²) >= 11 is 1.57. The normalized spacial score (nSPS) is 11.7. The highest BCUT2D eigenvalue weighted by Crippen LogP contribution is 2.35. The summed E-state index contributed by atoms with van der Waals surface area (Å²) in [4.78, 5) is 15.0. The Morgan fingerprint density at radius 2 is 1.91 bits per heavy atom. The molecular weight excluding hydrogens is 429 g/mol. The number of hydrogen-bond donors (Lipinski definition) is 0. The lowest BCUT2D eigenvalue weighted by atomic mass is 10.1. The van der Waals surface area contributed by atoms with E-state index in [0.29, 0.717) is 17.3 Å². The number of ether oxygens (including phenoxy) is 1. The summed E-state index contributed by atoms with van der Waals surface area (Å²) in [5.74, 6) is 0.754. The molecular formula is C22H16FN7OS. The maximum atomic E-state index is 13.0. The van der Waals surface area contributed by atoms with Gasteiger partial charge in [0.15, 0.2) is 12.4 Å². The lowest BCUT2D eigenvalue weighted by Gasteiger charge is -2.05. The molecule has 1 aromatic carbocycles. The van der Waals surface area contributed by atoms with Gasteiger partial charge in [-0.3, -0.25) is 0 Å². The Morgan fingerprint density at radius 1 is 1.06 bits per heavy atom. The second kappa shape index (κ2) is 7.06. The summed E-state index contributed by atoms with van der Waals surface area (Å²) in [5, 5.41) is 10.1. The molecule has 5 heterocycles. The van der Waals surface area contributed by atoms with Crippen LogP contribution in [0.2, 0.25) is 0 Å². The largest absolute Gasteiger partial charge is 0.471 e. The highest BCUT2D eigenvalue weighted by Gasteiger charge is 2.17. The molecule has 0 aliphatic heterocycles. The second-order valence-corrected chi connectivity index (χ2v) is 8.46. The molecule has 0 amide bonds. The smallest absolute Gasteiger partial charge is 0.202 e. The van der Waals surface area contributed by atoms with E-state index in [2.05, 4.69) is 33.2 Å².